The number of fused-ring (bicyclic) bond motifs is 1. The molecule has 3 aromatic rings. The van der Waals surface area contributed by atoms with Gasteiger partial charge in [-0.2, -0.15) is 0 Å². The van der Waals surface area contributed by atoms with Crippen molar-refractivity contribution in [2.45, 2.75) is 13.0 Å². The second-order valence-electron chi connectivity index (χ2n) is 4.62. The molecule has 0 N–H and O–H groups in total. The molecule has 0 unspecified atom stereocenters. The van der Waals surface area contributed by atoms with Gasteiger partial charge in [0, 0.05) is 0 Å². The number of rotatable bonds is 3. The van der Waals surface area contributed by atoms with Crippen LogP contribution in [-0.2, 0) is 4.74 Å². The Bertz CT molecular complexity index is 729. The number of benzene rings is 2. The predicted octanol–water partition coefficient (Wildman–Crippen LogP) is 4.35. The maximum Gasteiger partial charge on any atom is 0.338 e. The van der Waals surface area contributed by atoms with E-state index in [2.05, 4.69) is 0 Å². The Morgan fingerprint density at radius 3 is 2.60 bits per heavy atom. The Hall–Kier alpha value is -2.55. The number of esters is 1. The summed E-state index contributed by atoms with van der Waals surface area (Å²) in [5.74, 6) is 0.291. The van der Waals surface area contributed by atoms with Gasteiger partial charge in [-0.15, -0.1) is 0 Å². The Kier molecular flexibility index (Phi) is 3.25. The third-order valence-corrected chi connectivity index (χ3v) is 3.21. The summed E-state index contributed by atoms with van der Waals surface area (Å²) in [7, 11) is 0. The largest absolute Gasteiger partial charge is 0.465 e. The Labute approximate surface area is 116 Å². The zero-order valence-electron chi connectivity index (χ0n) is 11.1. The van der Waals surface area contributed by atoms with E-state index in [9.17, 15) is 4.79 Å². The number of hydrogen-bond acceptors (Lipinski definition) is 3. The molecule has 0 aliphatic rings. The van der Waals surface area contributed by atoms with Crippen LogP contribution in [0.25, 0.3) is 10.8 Å². The molecule has 0 saturated carbocycles. The van der Waals surface area contributed by atoms with E-state index in [1.165, 1.54) is 0 Å². The van der Waals surface area contributed by atoms with Crippen molar-refractivity contribution in [2.75, 3.05) is 0 Å². The molecule has 0 fully saturated rings. The van der Waals surface area contributed by atoms with Gasteiger partial charge in [-0.05, 0) is 42.0 Å². The lowest BCUT2D eigenvalue weighted by atomic mass is 10.1. The molecule has 0 amide bonds. The van der Waals surface area contributed by atoms with Crippen molar-refractivity contribution in [3.8, 4) is 0 Å². The van der Waals surface area contributed by atoms with E-state index in [1.54, 1.807) is 31.4 Å². The highest BCUT2D eigenvalue weighted by molar-refractivity contribution is 5.95. The molecular formula is C17H14O3. The topological polar surface area (TPSA) is 39.4 Å². The first-order valence-electron chi connectivity index (χ1n) is 6.47. The summed E-state index contributed by atoms with van der Waals surface area (Å²) < 4.78 is 10.6. The van der Waals surface area contributed by atoms with E-state index in [4.69, 9.17) is 9.15 Å². The molecule has 3 rings (SSSR count). The van der Waals surface area contributed by atoms with E-state index in [1.807, 2.05) is 36.4 Å². The molecule has 0 aliphatic heterocycles. The van der Waals surface area contributed by atoms with Crippen molar-refractivity contribution in [1.29, 1.82) is 0 Å². The third-order valence-electron chi connectivity index (χ3n) is 3.21. The van der Waals surface area contributed by atoms with Gasteiger partial charge in [0.1, 0.15) is 5.76 Å². The summed E-state index contributed by atoms with van der Waals surface area (Å²) in [6.07, 6.45) is 1.17. The fraction of sp³-hybridized carbons (Fsp3) is 0.118. The standard InChI is InChI=1S/C17H14O3/c1-12(16-7-4-10-19-16)20-17(18)15-9-8-13-5-2-3-6-14(13)11-15/h2-12H,1H3/t12-/m0/s1. The Morgan fingerprint density at radius 2 is 1.85 bits per heavy atom. The van der Waals surface area contributed by atoms with Crippen LogP contribution >= 0.6 is 0 Å². The lowest BCUT2D eigenvalue weighted by molar-refractivity contribution is 0.0292. The van der Waals surface area contributed by atoms with Gasteiger partial charge in [-0.1, -0.05) is 30.3 Å². The molecule has 3 heteroatoms. The van der Waals surface area contributed by atoms with E-state index in [-0.39, 0.29) is 5.97 Å². The van der Waals surface area contributed by atoms with Crippen molar-refractivity contribution in [2.24, 2.45) is 0 Å². The van der Waals surface area contributed by atoms with Crippen LogP contribution in [0.2, 0.25) is 0 Å². The first kappa shape index (κ1) is 12.5. The summed E-state index contributed by atoms with van der Waals surface area (Å²) in [5.41, 5.74) is 0.544. The van der Waals surface area contributed by atoms with Crippen LogP contribution in [0.1, 0.15) is 29.1 Å². The van der Waals surface area contributed by atoms with E-state index in [0.717, 1.165) is 10.8 Å². The minimum absolute atomic E-state index is 0.348. The lowest BCUT2D eigenvalue weighted by Gasteiger charge is -2.11. The second kappa shape index (κ2) is 5.21. The highest BCUT2D eigenvalue weighted by Gasteiger charge is 2.15. The van der Waals surface area contributed by atoms with Gasteiger partial charge in [-0.25, -0.2) is 4.79 Å². The van der Waals surface area contributed by atoms with Crippen LogP contribution in [0.5, 0.6) is 0 Å². The molecular weight excluding hydrogens is 252 g/mol. The van der Waals surface area contributed by atoms with E-state index < -0.39 is 6.10 Å². The minimum atomic E-state index is -0.399. The van der Waals surface area contributed by atoms with Crippen molar-refractivity contribution in [3.63, 3.8) is 0 Å². The zero-order valence-corrected chi connectivity index (χ0v) is 11.1. The van der Waals surface area contributed by atoms with Crippen LogP contribution in [-0.4, -0.2) is 5.97 Å². The molecule has 100 valence electrons. The molecule has 0 bridgehead atoms. The summed E-state index contributed by atoms with van der Waals surface area (Å²) in [4.78, 5) is 12.1. The van der Waals surface area contributed by atoms with E-state index in [0.29, 0.717) is 11.3 Å². The molecule has 0 spiro atoms. The van der Waals surface area contributed by atoms with Crippen LogP contribution in [0, 0.1) is 0 Å². The minimum Gasteiger partial charge on any atom is -0.465 e. The van der Waals surface area contributed by atoms with Crippen molar-refractivity contribution >= 4 is 16.7 Å². The molecule has 0 saturated heterocycles. The Morgan fingerprint density at radius 1 is 1.05 bits per heavy atom. The van der Waals surface area contributed by atoms with Gasteiger partial charge < -0.3 is 9.15 Å². The fourth-order valence-electron chi connectivity index (χ4n) is 2.13. The summed E-state index contributed by atoms with van der Waals surface area (Å²) >= 11 is 0. The number of carbonyl (C=O) groups excluding carboxylic acids is 1. The van der Waals surface area contributed by atoms with E-state index >= 15 is 0 Å². The number of carbonyl (C=O) groups is 1. The maximum atomic E-state index is 12.1. The first-order chi connectivity index (χ1) is 9.74. The number of furan rings is 1. The highest BCUT2D eigenvalue weighted by Crippen LogP contribution is 2.21. The van der Waals surface area contributed by atoms with Gasteiger partial charge in [-0.3, -0.25) is 0 Å². The molecule has 1 heterocycles. The summed E-state index contributed by atoms with van der Waals surface area (Å²) in [6, 6.07) is 17.0. The summed E-state index contributed by atoms with van der Waals surface area (Å²) in [6.45, 7) is 1.79. The van der Waals surface area contributed by atoms with Crippen molar-refractivity contribution < 1.29 is 13.9 Å². The molecule has 1 atom stereocenters. The molecule has 1 aromatic heterocycles. The average Bonchev–Trinajstić information content (AvgIpc) is 3.01. The molecule has 20 heavy (non-hydrogen) atoms. The van der Waals surface area contributed by atoms with Crippen molar-refractivity contribution in [3.05, 3.63) is 72.2 Å². The van der Waals surface area contributed by atoms with Crippen LogP contribution in [0.3, 0.4) is 0 Å². The lowest BCUT2D eigenvalue weighted by Crippen LogP contribution is -2.08. The molecule has 0 radical (unpaired) electrons. The SMILES string of the molecule is C[C@H](OC(=O)c1ccc2ccccc2c1)c1ccco1. The quantitative estimate of drug-likeness (QED) is 0.661. The third kappa shape index (κ3) is 2.43. The van der Waals surface area contributed by atoms with Gasteiger partial charge in [0.25, 0.3) is 0 Å². The average molecular weight is 266 g/mol. The molecule has 0 aliphatic carbocycles. The smallest absolute Gasteiger partial charge is 0.338 e. The van der Waals surface area contributed by atoms with Gasteiger partial charge >= 0.3 is 5.97 Å². The summed E-state index contributed by atoms with van der Waals surface area (Å²) in [5, 5.41) is 2.12. The monoisotopic (exact) mass is 266 g/mol. The fourth-order valence-corrected chi connectivity index (χ4v) is 2.13. The van der Waals surface area contributed by atoms with Crippen LogP contribution in [0.4, 0.5) is 0 Å². The zero-order chi connectivity index (χ0) is 13.9. The van der Waals surface area contributed by atoms with Crippen molar-refractivity contribution in [1.82, 2.24) is 0 Å². The normalized spacial score (nSPS) is 12.2. The number of ether oxygens (including phenoxy) is 1. The molecule has 2 aromatic carbocycles. The van der Waals surface area contributed by atoms with Gasteiger partial charge in [0.2, 0.25) is 0 Å². The van der Waals surface area contributed by atoms with Crippen LogP contribution < -0.4 is 0 Å². The Balaban J connectivity index is 1.82. The predicted molar refractivity (Wildman–Crippen MR) is 76.5 cm³/mol. The number of hydrogen-bond donors (Lipinski definition) is 0. The van der Waals surface area contributed by atoms with Gasteiger partial charge in [0.15, 0.2) is 6.10 Å². The second-order valence-corrected chi connectivity index (χ2v) is 4.62. The van der Waals surface area contributed by atoms with Crippen LogP contribution in [0.15, 0.2) is 65.3 Å². The maximum absolute atomic E-state index is 12.1. The van der Waals surface area contributed by atoms with Gasteiger partial charge in [0.05, 0.1) is 11.8 Å². The first-order valence-corrected chi connectivity index (χ1v) is 6.47. The highest BCUT2D eigenvalue weighted by atomic mass is 16.6. The molecule has 3 nitrogen and oxygen atoms in total.